The molecule has 3 aromatic carbocycles. The number of hydrogen-bond acceptors (Lipinski definition) is 6. The van der Waals surface area contributed by atoms with Crippen molar-refractivity contribution in [3.05, 3.63) is 99.3 Å². The number of aromatic nitrogens is 1. The maximum Gasteiger partial charge on any atom is 0.256 e. The van der Waals surface area contributed by atoms with Crippen molar-refractivity contribution in [1.29, 1.82) is 0 Å². The van der Waals surface area contributed by atoms with Crippen LogP contribution in [0.15, 0.2) is 76.6 Å². The van der Waals surface area contributed by atoms with Crippen LogP contribution in [0.4, 0.5) is 0 Å². The molecule has 7 nitrogen and oxygen atoms in total. The van der Waals surface area contributed by atoms with E-state index in [1.807, 2.05) is 36.4 Å². The second-order valence-electron chi connectivity index (χ2n) is 8.59. The highest BCUT2D eigenvalue weighted by molar-refractivity contribution is 7.97. The van der Waals surface area contributed by atoms with Gasteiger partial charge in [0.15, 0.2) is 11.5 Å². The molecule has 1 aliphatic rings. The third kappa shape index (κ3) is 4.96. The zero-order valence-corrected chi connectivity index (χ0v) is 21.0. The van der Waals surface area contributed by atoms with Crippen LogP contribution in [0.2, 0.25) is 0 Å². The summed E-state index contributed by atoms with van der Waals surface area (Å²) in [4.78, 5) is 30.1. The summed E-state index contributed by atoms with van der Waals surface area (Å²) in [5, 5.41) is 3.36. The summed E-state index contributed by atoms with van der Waals surface area (Å²) >= 11 is 1.62. The number of carbonyl (C=O) groups excluding carboxylic acids is 1. The summed E-state index contributed by atoms with van der Waals surface area (Å²) in [7, 11) is 3.18. The Morgan fingerprint density at radius 3 is 2.47 bits per heavy atom. The molecular weight excluding hydrogens is 474 g/mol. The molecule has 2 heterocycles. The van der Waals surface area contributed by atoms with E-state index in [0.29, 0.717) is 35.4 Å². The first-order valence-electron chi connectivity index (χ1n) is 11.7. The van der Waals surface area contributed by atoms with E-state index in [4.69, 9.17) is 9.47 Å². The Hall–Kier alpha value is -3.75. The van der Waals surface area contributed by atoms with Crippen LogP contribution in [0.3, 0.4) is 0 Å². The number of rotatable bonds is 8. The van der Waals surface area contributed by atoms with Gasteiger partial charge in [-0.25, -0.2) is 4.31 Å². The standard InChI is InChI=1S/C28H27N3O4S/c1-34-25-10-7-18(13-26(25)35-2)11-12-29-28(33)23-15-30-24-9-8-21(14-22(24)27(23)32)36-31-16-19-5-3-4-6-20(19)17-31/h3-10,13-15H,11-12,16-17H2,1-2H3,(H,29,33)(H,30,32). The number of H-pyrrole nitrogens is 1. The van der Waals surface area contributed by atoms with Crippen molar-refractivity contribution in [3.8, 4) is 11.5 Å². The van der Waals surface area contributed by atoms with E-state index in [2.05, 4.69) is 38.9 Å². The molecular formula is C28H27N3O4S. The van der Waals surface area contributed by atoms with Crippen LogP contribution in [0.5, 0.6) is 11.5 Å². The summed E-state index contributed by atoms with van der Waals surface area (Å²) < 4.78 is 12.9. The third-order valence-electron chi connectivity index (χ3n) is 6.29. The van der Waals surface area contributed by atoms with Crippen LogP contribution in [0, 0.1) is 0 Å². The SMILES string of the molecule is COc1ccc(CCNC(=O)c2c[nH]c3ccc(SN4Cc5ccccc5C4)cc3c2=O)cc1OC. The van der Waals surface area contributed by atoms with Crippen molar-refractivity contribution in [1.82, 2.24) is 14.6 Å². The lowest BCUT2D eigenvalue weighted by atomic mass is 10.1. The second kappa shape index (κ2) is 10.5. The van der Waals surface area contributed by atoms with Crippen LogP contribution in [-0.4, -0.2) is 36.0 Å². The summed E-state index contributed by atoms with van der Waals surface area (Å²) in [6.07, 6.45) is 2.08. The van der Waals surface area contributed by atoms with Crippen molar-refractivity contribution < 1.29 is 14.3 Å². The first-order valence-corrected chi connectivity index (χ1v) is 12.5. The molecule has 0 atom stereocenters. The van der Waals surface area contributed by atoms with Crippen LogP contribution < -0.4 is 20.2 Å². The number of pyridine rings is 1. The molecule has 0 unspecified atom stereocenters. The number of methoxy groups -OCH3 is 2. The Labute approximate surface area is 213 Å². The van der Waals surface area contributed by atoms with Crippen molar-refractivity contribution >= 4 is 28.8 Å². The maximum atomic E-state index is 13.2. The number of amides is 1. The van der Waals surface area contributed by atoms with E-state index < -0.39 is 5.91 Å². The van der Waals surface area contributed by atoms with Crippen molar-refractivity contribution in [3.63, 3.8) is 0 Å². The molecule has 36 heavy (non-hydrogen) atoms. The van der Waals surface area contributed by atoms with Gasteiger partial charge < -0.3 is 19.8 Å². The Balaban J connectivity index is 1.26. The number of nitrogens with zero attached hydrogens (tertiary/aromatic N) is 1. The van der Waals surface area contributed by atoms with Gasteiger partial charge in [-0.3, -0.25) is 9.59 Å². The van der Waals surface area contributed by atoms with Gasteiger partial charge in [0.1, 0.15) is 5.56 Å². The van der Waals surface area contributed by atoms with Crippen molar-refractivity contribution in [2.45, 2.75) is 24.4 Å². The Kier molecular flexibility index (Phi) is 6.97. The quantitative estimate of drug-likeness (QED) is 0.345. The Bertz CT molecular complexity index is 1460. The zero-order valence-electron chi connectivity index (χ0n) is 20.2. The van der Waals surface area contributed by atoms with E-state index in [1.54, 1.807) is 26.2 Å². The summed E-state index contributed by atoms with van der Waals surface area (Å²) in [5.41, 5.74) is 4.18. The highest BCUT2D eigenvalue weighted by atomic mass is 32.2. The molecule has 1 amide bonds. The average molecular weight is 502 g/mol. The molecule has 0 aliphatic carbocycles. The number of carbonyl (C=O) groups is 1. The van der Waals surface area contributed by atoms with Gasteiger partial charge in [-0.1, -0.05) is 30.3 Å². The molecule has 1 aliphatic heterocycles. The molecule has 2 N–H and O–H groups in total. The van der Waals surface area contributed by atoms with E-state index in [9.17, 15) is 9.59 Å². The van der Waals surface area contributed by atoms with E-state index in [-0.39, 0.29) is 11.0 Å². The lowest BCUT2D eigenvalue weighted by molar-refractivity contribution is 0.0953. The van der Waals surface area contributed by atoms with Crippen LogP contribution in [-0.2, 0) is 19.5 Å². The highest BCUT2D eigenvalue weighted by Gasteiger charge is 2.20. The fourth-order valence-corrected chi connectivity index (χ4v) is 5.40. The van der Waals surface area contributed by atoms with E-state index in [0.717, 1.165) is 23.5 Å². The number of ether oxygens (including phenoxy) is 2. The molecule has 184 valence electrons. The average Bonchev–Trinajstić information content (AvgIpc) is 3.31. The molecule has 0 bridgehead atoms. The molecule has 8 heteroatoms. The van der Waals surface area contributed by atoms with Gasteiger partial charge in [0.25, 0.3) is 5.91 Å². The van der Waals surface area contributed by atoms with Gasteiger partial charge in [0, 0.05) is 41.6 Å². The van der Waals surface area contributed by atoms with Gasteiger partial charge in [-0.15, -0.1) is 0 Å². The van der Waals surface area contributed by atoms with Gasteiger partial charge >= 0.3 is 0 Å². The van der Waals surface area contributed by atoms with Crippen molar-refractivity contribution in [2.24, 2.45) is 0 Å². The fraction of sp³-hybridized carbons (Fsp3) is 0.214. The lowest BCUT2D eigenvalue weighted by Gasteiger charge is -2.14. The van der Waals surface area contributed by atoms with E-state index in [1.165, 1.54) is 17.3 Å². The topological polar surface area (TPSA) is 83.7 Å². The van der Waals surface area contributed by atoms with Crippen LogP contribution in [0.1, 0.15) is 27.0 Å². The molecule has 0 fully saturated rings. The monoisotopic (exact) mass is 501 g/mol. The zero-order chi connectivity index (χ0) is 25.1. The Morgan fingerprint density at radius 2 is 1.75 bits per heavy atom. The number of fused-ring (bicyclic) bond motifs is 2. The first kappa shape index (κ1) is 24.0. The Morgan fingerprint density at radius 1 is 1.00 bits per heavy atom. The molecule has 0 saturated heterocycles. The molecule has 5 rings (SSSR count). The number of nitrogens with one attached hydrogen (secondary N) is 2. The summed E-state index contributed by atoms with van der Waals surface area (Å²) in [6.45, 7) is 2.10. The third-order valence-corrected chi connectivity index (χ3v) is 7.27. The van der Waals surface area contributed by atoms with Gasteiger partial charge in [-0.2, -0.15) is 0 Å². The predicted octanol–water partition coefficient (Wildman–Crippen LogP) is 4.54. The summed E-state index contributed by atoms with van der Waals surface area (Å²) in [5.74, 6) is 0.894. The second-order valence-corrected chi connectivity index (χ2v) is 9.76. The van der Waals surface area contributed by atoms with Crippen molar-refractivity contribution in [2.75, 3.05) is 20.8 Å². The minimum atomic E-state index is -0.397. The minimum Gasteiger partial charge on any atom is -0.493 e. The van der Waals surface area contributed by atoms with Crippen LogP contribution in [0.25, 0.3) is 10.9 Å². The molecule has 1 aromatic heterocycles. The fourth-order valence-electron chi connectivity index (χ4n) is 4.39. The first-order chi connectivity index (χ1) is 17.6. The summed E-state index contributed by atoms with van der Waals surface area (Å²) in [6, 6.07) is 19.8. The van der Waals surface area contributed by atoms with Crippen LogP contribution >= 0.6 is 11.9 Å². The van der Waals surface area contributed by atoms with Gasteiger partial charge in [-0.05, 0) is 65.4 Å². The molecule has 0 radical (unpaired) electrons. The molecule has 0 saturated carbocycles. The smallest absolute Gasteiger partial charge is 0.256 e. The van der Waals surface area contributed by atoms with Gasteiger partial charge in [0.05, 0.1) is 14.2 Å². The highest BCUT2D eigenvalue weighted by Crippen LogP contribution is 2.33. The number of aromatic amines is 1. The molecule has 4 aromatic rings. The molecule has 0 spiro atoms. The predicted molar refractivity (Wildman–Crippen MR) is 142 cm³/mol. The largest absolute Gasteiger partial charge is 0.493 e. The van der Waals surface area contributed by atoms with Gasteiger partial charge in [0.2, 0.25) is 5.43 Å². The number of benzene rings is 3. The van der Waals surface area contributed by atoms with E-state index >= 15 is 0 Å². The maximum absolute atomic E-state index is 13.2. The number of hydrogen-bond donors (Lipinski definition) is 2. The normalized spacial score (nSPS) is 12.9. The lowest BCUT2D eigenvalue weighted by Crippen LogP contribution is -2.30. The minimum absolute atomic E-state index is 0.102.